The Kier molecular flexibility index (Phi) is 9.47. The third kappa shape index (κ3) is 7.02. The zero-order valence-corrected chi connectivity index (χ0v) is 22.8. The average Bonchev–Trinajstić information content (AvgIpc) is 3.65. The van der Waals surface area contributed by atoms with Gasteiger partial charge in [-0.2, -0.15) is 0 Å². The molecule has 1 heterocycles. The van der Waals surface area contributed by atoms with E-state index in [1.807, 2.05) is 6.92 Å². The minimum atomic E-state index is -1.41. The van der Waals surface area contributed by atoms with Crippen LogP contribution >= 0.6 is 0 Å². The van der Waals surface area contributed by atoms with Crippen molar-refractivity contribution in [3.05, 3.63) is 52.3 Å². The number of esters is 1. The van der Waals surface area contributed by atoms with Crippen molar-refractivity contribution in [2.45, 2.75) is 59.1 Å². The number of aliphatic hydroxyl groups excluding tert-OH is 1. The first-order valence-electron chi connectivity index (χ1n) is 12.7. The van der Waals surface area contributed by atoms with E-state index in [0.29, 0.717) is 23.2 Å². The molecule has 1 aliphatic carbocycles. The lowest BCUT2D eigenvalue weighted by atomic mass is 10.1. The molecule has 39 heavy (non-hydrogen) atoms. The van der Waals surface area contributed by atoms with Crippen LogP contribution in [-0.2, 0) is 21.3 Å². The number of amidine groups is 1. The molecule has 0 radical (unpaired) electrons. The molecule has 3 amide bonds. The van der Waals surface area contributed by atoms with Gasteiger partial charge < -0.3 is 29.8 Å². The lowest BCUT2D eigenvalue weighted by Gasteiger charge is -2.25. The first kappa shape index (κ1) is 29.4. The number of anilines is 1. The zero-order chi connectivity index (χ0) is 28.9. The number of aliphatic hydroxyl groups is 1. The smallest absolute Gasteiger partial charge is 0.423 e. The topological polar surface area (TPSA) is 163 Å². The van der Waals surface area contributed by atoms with Crippen molar-refractivity contribution in [1.82, 2.24) is 15.2 Å². The maximum absolute atomic E-state index is 13.4. The Morgan fingerprint density at radius 2 is 1.87 bits per heavy atom. The molecule has 1 unspecified atom stereocenters. The molecule has 0 saturated heterocycles. The van der Waals surface area contributed by atoms with Crippen LogP contribution in [0.25, 0.3) is 0 Å². The predicted octanol–water partition coefficient (Wildman–Crippen LogP) is 2.52. The summed E-state index contributed by atoms with van der Waals surface area (Å²) in [6.45, 7) is 6.21. The van der Waals surface area contributed by atoms with Crippen LogP contribution in [0.4, 0.5) is 10.5 Å². The lowest BCUT2D eigenvalue weighted by molar-refractivity contribution is -0.160. The zero-order valence-electron chi connectivity index (χ0n) is 22.8. The van der Waals surface area contributed by atoms with Crippen molar-refractivity contribution in [2.24, 2.45) is 7.05 Å². The number of nitrogens with zero attached hydrogens (tertiary/aromatic N) is 2. The van der Waals surface area contributed by atoms with Gasteiger partial charge in [-0.25, -0.2) is 14.5 Å². The summed E-state index contributed by atoms with van der Waals surface area (Å²) in [6, 6.07) is 4.88. The molecular formula is C27H35N5O7. The number of carbonyl (C=O) groups excluding carboxylic acids is 4. The number of amides is 3. The van der Waals surface area contributed by atoms with Crippen LogP contribution < -0.4 is 15.5 Å². The molecule has 1 fully saturated rings. The van der Waals surface area contributed by atoms with E-state index in [9.17, 15) is 24.3 Å². The Morgan fingerprint density at radius 1 is 1.18 bits per heavy atom. The molecule has 1 aliphatic rings. The fourth-order valence-electron chi connectivity index (χ4n) is 3.88. The van der Waals surface area contributed by atoms with Crippen LogP contribution in [0.15, 0.2) is 24.4 Å². The highest BCUT2D eigenvalue weighted by Gasteiger charge is 2.31. The Bertz CT molecular complexity index is 1280. The molecule has 0 bridgehead atoms. The van der Waals surface area contributed by atoms with Gasteiger partial charge in [-0.05, 0) is 63.3 Å². The number of aryl methyl sites for hydroxylation is 2. The van der Waals surface area contributed by atoms with Crippen molar-refractivity contribution in [1.29, 1.82) is 5.41 Å². The third-order valence-electron chi connectivity index (χ3n) is 6.19. The molecule has 0 aliphatic heterocycles. The van der Waals surface area contributed by atoms with Crippen LogP contribution in [0.2, 0.25) is 0 Å². The first-order chi connectivity index (χ1) is 18.5. The highest BCUT2D eigenvalue weighted by molar-refractivity contribution is 6.21. The van der Waals surface area contributed by atoms with Crippen LogP contribution in [0, 0.1) is 19.3 Å². The molecule has 2 aromatic rings. The third-order valence-corrected chi connectivity index (χ3v) is 6.19. The number of benzene rings is 1. The van der Waals surface area contributed by atoms with E-state index in [0.717, 1.165) is 24.2 Å². The molecule has 0 spiro atoms. The fraction of sp³-hybridized carbons (Fsp3) is 0.444. The monoisotopic (exact) mass is 541 g/mol. The molecule has 3 rings (SSSR count). The average molecular weight is 542 g/mol. The van der Waals surface area contributed by atoms with Gasteiger partial charge in [0.1, 0.15) is 6.10 Å². The van der Waals surface area contributed by atoms with E-state index < -0.39 is 25.0 Å². The molecule has 12 heteroatoms. The van der Waals surface area contributed by atoms with Gasteiger partial charge in [-0.3, -0.25) is 15.0 Å². The van der Waals surface area contributed by atoms with Crippen molar-refractivity contribution in [3.8, 4) is 0 Å². The van der Waals surface area contributed by atoms with Gasteiger partial charge in [-0.15, -0.1) is 0 Å². The maximum atomic E-state index is 13.4. The van der Waals surface area contributed by atoms with Gasteiger partial charge >= 0.3 is 12.1 Å². The SMILES string of the molecule is CCCNC(=O)c1cn(C)c(C(=N)N(C(=O)OCOC(=O)C(C)O)c2cc(C(=O)NC3CC3)ccc2C)c1C. The minimum absolute atomic E-state index is 0.119. The number of nitrogens with one attached hydrogen (secondary N) is 3. The standard InChI is InChI=1S/C27H35N5O7/c1-6-11-29-25(35)20-13-31(5)22(16(20)3)23(28)32(27(37)39-14-38-26(36)17(4)33)21-12-18(8-7-15(21)2)24(34)30-19-9-10-19/h7-8,12-13,17,19,28,33H,6,9-11,14H2,1-5H3,(H,29,35)(H,30,34). The second-order valence-electron chi connectivity index (χ2n) is 9.48. The maximum Gasteiger partial charge on any atom is 0.423 e. The Labute approximate surface area is 226 Å². The van der Waals surface area contributed by atoms with Gasteiger partial charge in [0, 0.05) is 31.4 Å². The van der Waals surface area contributed by atoms with Gasteiger partial charge in [0.2, 0.25) is 6.79 Å². The summed E-state index contributed by atoms with van der Waals surface area (Å²) in [5.74, 6) is -1.92. The summed E-state index contributed by atoms with van der Waals surface area (Å²) in [7, 11) is 1.65. The van der Waals surface area contributed by atoms with Gasteiger partial charge in [0.15, 0.2) is 5.84 Å². The molecule has 4 N–H and O–H groups in total. The molecule has 1 atom stereocenters. The predicted molar refractivity (Wildman–Crippen MR) is 143 cm³/mol. The first-order valence-corrected chi connectivity index (χ1v) is 12.7. The van der Waals surface area contributed by atoms with E-state index in [1.165, 1.54) is 13.0 Å². The summed E-state index contributed by atoms with van der Waals surface area (Å²) < 4.78 is 11.5. The number of hydrogen-bond acceptors (Lipinski definition) is 8. The Morgan fingerprint density at radius 3 is 2.49 bits per heavy atom. The summed E-state index contributed by atoms with van der Waals surface area (Å²) >= 11 is 0. The van der Waals surface area contributed by atoms with Crippen molar-refractivity contribution < 1.29 is 33.8 Å². The van der Waals surface area contributed by atoms with E-state index in [1.54, 1.807) is 43.8 Å². The Hall–Kier alpha value is -4.19. The van der Waals surface area contributed by atoms with E-state index in [-0.39, 0.29) is 40.6 Å². The molecule has 1 aromatic carbocycles. The number of hydrogen-bond donors (Lipinski definition) is 4. The van der Waals surface area contributed by atoms with Crippen LogP contribution in [0.3, 0.4) is 0 Å². The number of rotatable bonds is 10. The van der Waals surface area contributed by atoms with Gasteiger partial charge in [0.05, 0.1) is 16.9 Å². The lowest BCUT2D eigenvalue weighted by Crippen LogP contribution is -2.40. The molecule has 1 saturated carbocycles. The molecule has 210 valence electrons. The number of carbonyl (C=O) groups is 4. The van der Waals surface area contributed by atoms with Crippen molar-refractivity contribution in [3.63, 3.8) is 0 Å². The van der Waals surface area contributed by atoms with Gasteiger partial charge in [-0.1, -0.05) is 13.0 Å². The highest BCUT2D eigenvalue weighted by atomic mass is 16.7. The minimum Gasteiger partial charge on any atom is -0.426 e. The van der Waals surface area contributed by atoms with E-state index in [4.69, 9.17) is 14.9 Å². The number of ether oxygens (including phenoxy) is 2. The largest absolute Gasteiger partial charge is 0.426 e. The highest BCUT2D eigenvalue weighted by Crippen LogP contribution is 2.28. The van der Waals surface area contributed by atoms with Gasteiger partial charge in [0.25, 0.3) is 11.8 Å². The second-order valence-corrected chi connectivity index (χ2v) is 9.48. The fourth-order valence-corrected chi connectivity index (χ4v) is 3.88. The van der Waals surface area contributed by atoms with Crippen molar-refractivity contribution in [2.75, 3.05) is 18.2 Å². The number of aromatic nitrogens is 1. The molecule has 12 nitrogen and oxygen atoms in total. The Balaban J connectivity index is 2.00. The normalized spacial score (nSPS) is 13.3. The summed E-state index contributed by atoms with van der Waals surface area (Å²) in [4.78, 5) is 51.4. The van der Waals surface area contributed by atoms with Crippen LogP contribution in [0.1, 0.15) is 70.6 Å². The van der Waals surface area contributed by atoms with Crippen molar-refractivity contribution >= 4 is 35.4 Å². The second kappa shape index (κ2) is 12.6. The van der Waals surface area contributed by atoms with E-state index >= 15 is 0 Å². The summed E-state index contributed by atoms with van der Waals surface area (Å²) in [5, 5.41) is 24.1. The quantitative estimate of drug-likeness (QED) is 0.155. The summed E-state index contributed by atoms with van der Waals surface area (Å²) in [5.41, 5.74) is 2.13. The van der Waals surface area contributed by atoms with E-state index in [2.05, 4.69) is 10.6 Å². The van der Waals surface area contributed by atoms with Crippen LogP contribution in [-0.4, -0.2) is 64.9 Å². The summed E-state index contributed by atoms with van der Waals surface area (Å²) in [6.07, 6.45) is 1.66. The molecule has 1 aromatic heterocycles. The molecular weight excluding hydrogens is 506 g/mol. The van der Waals surface area contributed by atoms with Crippen LogP contribution in [0.5, 0.6) is 0 Å².